The molecule has 0 spiro atoms. The summed E-state index contributed by atoms with van der Waals surface area (Å²) >= 11 is 5.53. The van der Waals surface area contributed by atoms with Crippen LogP contribution in [0, 0.1) is 0 Å². The molecular weight excluding hydrogens is 336 g/mol. The van der Waals surface area contributed by atoms with Gasteiger partial charge in [0.05, 0.1) is 5.41 Å². The average molecular weight is 355 g/mol. The number of hydrogen-bond acceptors (Lipinski definition) is 2. The molecule has 0 atom stereocenters. The Morgan fingerprint density at radius 1 is 1.25 bits per heavy atom. The van der Waals surface area contributed by atoms with Crippen molar-refractivity contribution in [3.63, 3.8) is 0 Å². The largest absolute Gasteiger partial charge is 0.481 e. The Bertz CT molecular complexity index is 519. The van der Waals surface area contributed by atoms with E-state index in [1.54, 1.807) is 0 Å². The van der Waals surface area contributed by atoms with Crippen LogP contribution in [-0.2, 0) is 10.2 Å². The molecule has 0 radical (unpaired) electrons. The maximum Gasteiger partial charge on any atom is 0.314 e. The number of carboxylic acid groups (broad SMARTS) is 1. The van der Waals surface area contributed by atoms with E-state index in [-0.39, 0.29) is 0 Å². The molecule has 0 aliphatic heterocycles. The zero-order valence-electron chi connectivity index (χ0n) is 11.4. The molecule has 2 aliphatic rings. The van der Waals surface area contributed by atoms with Crippen molar-refractivity contribution < 1.29 is 9.90 Å². The van der Waals surface area contributed by atoms with Gasteiger partial charge < -0.3 is 5.11 Å². The van der Waals surface area contributed by atoms with E-state index in [9.17, 15) is 9.90 Å². The van der Waals surface area contributed by atoms with Crippen LogP contribution >= 0.6 is 27.7 Å². The van der Waals surface area contributed by atoms with Crippen molar-refractivity contribution in [2.75, 3.05) is 0 Å². The summed E-state index contributed by atoms with van der Waals surface area (Å²) in [5, 5.41) is 10.5. The van der Waals surface area contributed by atoms with Gasteiger partial charge in [-0.25, -0.2) is 0 Å². The van der Waals surface area contributed by atoms with Gasteiger partial charge in [0.2, 0.25) is 0 Å². The molecule has 0 amide bonds. The summed E-state index contributed by atoms with van der Waals surface area (Å²) in [7, 11) is 0. The highest BCUT2D eigenvalue weighted by Crippen LogP contribution is 2.45. The Kier molecular flexibility index (Phi) is 4.14. The van der Waals surface area contributed by atoms with E-state index in [1.165, 1.54) is 17.7 Å². The lowest BCUT2D eigenvalue weighted by Crippen LogP contribution is -2.37. The van der Waals surface area contributed by atoms with E-state index in [4.69, 9.17) is 0 Å². The van der Waals surface area contributed by atoms with Crippen molar-refractivity contribution >= 4 is 33.7 Å². The van der Waals surface area contributed by atoms with Crippen LogP contribution in [0.1, 0.15) is 50.5 Å². The predicted octanol–water partition coefficient (Wildman–Crippen LogP) is 4.99. The first-order valence-corrected chi connectivity index (χ1v) is 8.99. The molecule has 1 aromatic carbocycles. The third-order valence-electron chi connectivity index (χ3n) is 4.42. The van der Waals surface area contributed by atoms with Crippen molar-refractivity contribution in [3.8, 4) is 0 Å². The molecule has 0 bridgehead atoms. The highest BCUT2D eigenvalue weighted by atomic mass is 79.9. The minimum absolute atomic E-state index is 0.660. The van der Waals surface area contributed by atoms with Crippen LogP contribution in [-0.4, -0.2) is 16.3 Å². The van der Waals surface area contributed by atoms with Crippen LogP contribution in [0.25, 0.3) is 0 Å². The van der Waals surface area contributed by atoms with Crippen LogP contribution in [0.4, 0.5) is 0 Å². The number of carboxylic acids is 1. The molecule has 2 nitrogen and oxygen atoms in total. The average Bonchev–Trinajstić information content (AvgIpc) is 3.25. The van der Waals surface area contributed by atoms with Crippen molar-refractivity contribution in [1.82, 2.24) is 0 Å². The summed E-state index contributed by atoms with van der Waals surface area (Å²) in [5.41, 5.74) is 0.306. The molecule has 2 aliphatic carbocycles. The van der Waals surface area contributed by atoms with E-state index >= 15 is 0 Å². The minimum atomic E-state index is -0.663. The van der Waals surface area contributed by atoms with E-state index in [1.807, 2.05) is 23.9 Å². The first-order valence-electron chi connectivity index (χ1n) is 7.32. The second-order valence-electron chi connectivity index (χ2n) is 5.91. The van der Waals surface area contributed by atoms with E-state index in [0.29, 0.717) is 0 Å². The number of rotatable bonds is 4. The zero-order chi connectivity index (χ0) is 14.2. The van der Waals surface area contributed by atoms with Crippen LogP contribution in [0.3, 0.4) is 0 Å². The Balaban J connectivity index is 1.90. The van der Waals surface area contributed by atoms with Crippen LogP contribution in [0.2, 0.25) is 0 Å². The zero-order valence-corrected chi connectivity index (χ0v) is 13.8. The number of carbonyl (C=O) groups is 1. The lowest BCUT2D eigenvalue weighted by atomic mass is 9.69. The van der Waals surface area contributed by atoms with Crippen molar-refractivity contribution in [2.24, 2.45) is 0 Å². The highest BCUT2D eigenvalue weighted by Gasteiger charge is 2.41. The van der Waals surface area contributed by atoms with Gasteiger partial charge in [0.1, 0.15) is 0 Å². The maximum absolute atomic E-state index is 11.8. The summed E-state index contributed by atoms with van der Waals surface area (Å²) < 4.78 is 1.05. The lowest BCUT2D eigenvalue weighted by molar-refractivity contribution is -0.145. The summed E-state index contributed by atoms with van der Waals surface area (Å²) in [6, 6.07) is 6.18. The summed E-state index contributed by atoms with van der Waals surface area (Å²) in [6.45, 7) is 0. The molecule has 0 aromatic heterocycles. The van der Waals surface area contributed by atoms with Gasteiger partial charge >= 0.3 is 5.97 Å². The molecular formula is C16H19BrO2S. The van der Waals surface area contributed by atoms with E-state index in [2.05, 4.69) is 22.0 Å². The van der Waals surface area contributed by atoms with Gasteiger partial charge in [-0.05, 0) is 59.3 Å². The third kappa shape index (κ3) is 2.77. The topological polar surface area (TPSA) is 37.3 Å². The van der Waals surface area contributed by atoms with Crippen molar-refractivity contribution in [2.45, 2.75) is 60.5 Å². The molecule has 108 valence electrons. The van der Waals surface area contributed by atoms with Gasteiger partial charge in [0, 0.05) is 14.6 Å². The van der Waals surface area contributed by atoms with Gasteiger partial charge in [-0.2, -0.15) is 0 Å². The Labute approximate surface area is 132 Å². The first kappa shape index (κ1) is 14.5. The highest BCUT2D eigenvalue weighted by molar-refractivity contribution is 9.10. The Morgan fingerprint density at radius 3 is 2.50 bits per heavy atom. The fourth-order valence-corrected chi connectivity index (χ4v) is 4.75. The molecule has 1 N–H and O–H groups in total. The molecule has 0 saturated heterocycles. The predicted molar refractivity (Wildman–Crippen MR) is 85.4 cm³/mol. The van der Waals surface area contributed by atoms with Crippen LogP contribution in [0.5, 0.6) is 0 Å². The standard InChI is InChI=1S/C16H19BrO2S/c17-13-10-11(4-7-14(13)20-12-5-6-12)16(15(18)19)8-2-1-3-9-16/h4,7,10,12H,1-3,5-6,8-9H2,(H,18,19). The number of benzene rings is 1. The minimum Gasteiger partial charge on any atom is -0.481 e. The van der Waals surface area contributed by atoms with Crippen LogP contribution < -0.4 is 0 Å². The second kappa shape index (κ2) is 5.72. The Morgan fingerprint density at radius 2 is 1.95 bits per heavy atom. The number of thioether (sulfide) groups is 1. The van der Waals surface area contributed by atoms with Gasteiger partial charge in [0.15, 0.2) is 0 Å². The summed E-state index contributed by atoms with van der Waals surface area (Å²) in [4.78, 5) is 13.1. The molecule has 4 heteroatoms. The molecule has 2 saturated carbocycles. The normalized spacial score (nSPS) is 21.6. The fourth-order valence-electron chi connectivity index (χ4n) is 3.04. The monoisotopic (exact) mass is 354 g/mol. The molecule has 0 unspecified atom stereocenters. The van der Waals surface area contributed by atoms with E-state index in [0.717, 1.165) is 47.4 Å². The quantitative estimate of drug-likeness (QED) is 0.827. The van der Waals surface area contributed by atoms with Gasteiger partial charge in [-0.1, -0.05) is 25.3 Å². The smallest absolute Gasteiger partial charge is 0.314 e. The second-order valence-corrected chi connectivity index (χ2v) is 8.11. The summed E-state index contributed by atoms with van der Waals surface area (Å²) in [6.07, 6.45) is 7.33. The number of halogens is 1. The van der Waals surface area contributed by atoms with Gasteiger partial charge in [0.25, 0.3) is 0 Å². The Hall–Kier alpha value is -0.480. The summed E-state index contributed by atoms with van der Waals surface area (Å²) in [5.74, 6) is -0.660. The SMILES string of the molecule is O=C(O)C1(c2ccc(SC3CC3)c(Br)c2)CCCCC1. The van der Waals surface area contributed by atoms with E-state index < -0.39 is 11.4 Å². The van der Waals surface area contributed by atoms with Gasteiger partial charge in [-0.15, -0.1) is 11.8 Å². The first-order chi connectivity index (χ1) is 9.62. The molecule has 2 fully saturated rings. The molecule has 0 heterocycles. The molecule has 20 heavy (non-hydrogen) atoms. The van der Waals surface area contributed by atoms with Crippen molar-refractivity contribution in [1.29, 1.82) is 0 Å². The van der Waals surface area contributed by atoms with Crippen LogP contribution in [0.15, 0.2) is 27.6 Å². The fraction of sp³-hybridized carbons (Fsp3) is 0.562. The van der Waals surface area contributed by atoms with Gasteiger partial charge in [-0.3, -0.25) is 4.79 Å². The maximum atomic E-state index is 11.8. The van der Waals surface area contributed by atoms with Crippen molar-refractivity contribution in [3.05, 3.63) is 28.2 Å². The molecule has 3 rings (SSSR count). The molecule has 1 aromatic rings. The lowest BCUT2D eigenvalue weighted by Gasteiger charge is -2.34. The third-order valence-corrected chi connectivity index (χ3v) is 6.75. The number of hydrogen-bond donors (Lipinski definition) is 1. The number of aliphatic carboxylic acids is 1.